The summed E-state index contributed by atoms with van der Waals surface area (Å²) in [4.78, 5) is 2.50. The van der Waals surface area contributed by atoms with Crippen LogP contribution in [0, 0.1) is 11.7 Å². The standard InChI is InChI=1S/C16H25FN2/c1-3-19-8-7-15(12-19)11-18-13(2)9-14-5-4-6-16(17)10-14/h4-6,10,13,15,18H,3,7-9,11-12H2,1-2H3. The van der Waals surface area contributed by atoms with E-state index in [4.69, 9.17) is 0 Å². The van der Waals surface area contributed by atoms with E-state index in [1.807, 2.05) is 6.07 Å². The van der Waals surface area contributed by atoms with Crippen LogP contribution in [0.15, 0.2) is 24.3 Å². The van der Waals surface area contributed by atoms with Crippen molar-refractivity contribution in [2.45, 2.75) is 32.7 Å². The molecule has 106 valence electrons. The van der Waals surface area contributed by atoms with Gasteiger partial charge in [0.25, 0.3) is 0 Å². The van der Waals surface area contributed by atoms with Crippen LogP contribution in [0.2, 0.25) is 0 Å². The van der Waals surface area contributed by atoms with E-state index in [-0.39, 0.29) is 5.82 Å². The maximum absolute atomic E-state index is 13.1. The molecule has 0 saturated carbocycles. The minimum atomic E-state index is -0.140. The number of rotatable bonds is 6. The van der Waals surface area contributed by atoms with Crippen LogP contribution in [0.25, 0.3) is 0 Å². The Hall–Kier alpha value is -0.930. The number of hydrogen-bond donors (Lipinski definition) is 1. The molecule has 2 atom stereocenters. The summed E-state index contributed by atoms with van der Waals surface area (Å²) in [7, 11) is 0. The zero-order valence-electron chi connectivity index (χ0n) is 12.0. The van der Waals surface area contributed by atoms with Gasteiger partial charge >= 0.3 is 0 Å². The van der Waals surface area contributed by atoms with Gasteiger partial charge in [-0.25, -0.2) is 4.39 Å². The normalized spacial score (nSPS) is 21.7. The lowest BCUT2D eigenvalue weighted by Gasteiger charge is -2.18. The highest BCUT2D eigenvalue weighted by atomic mass is 19.1. The predicted octanol–water partition coefficient (Wildman–Crippen LogP) is 2.69. The molecule has 2 rings (SSSR count). The second-order valence-electron chi connectivity index (χ2n) is 5.69. The van der Waals surface area contributed by atoms with Crippen molar-refractivity contribution in [3.8, 4) is 0 Å². The average Bonchev–Trinajstić information content (AvgIpc) is 2.84. The fraction of sp³-hybridized carbons (Fsp3) is 0.625. The lowest BCUT2D eigenvalue weighted by Crippen LogP contribution is -2.33. The monoisotopic (exact) mass is 264 g/mol. The fourth-order valence-corrected chi connectivity index (χ4v) is 2.82. The molecule has 1 heterocycles. The van der Waals surface area contributed by atoms with Gasteiger partial charge in [-0.05, 0) is 63.0 Å². The van der Waals surface area contributed by atoms with Gasteiger partial charge in [-0.15, -0.1) is 0 Å². The minimum absolute atomic E-state index is 0.140. The first-order valence-electron chi connectivity index (χ1n) is 7.37. The molecule has 19 heavy (non-hydrogen) atoms. The van der Waals surface area contributed by atoms with Crippen molar-refractivity contribution in [1.82, 2.24) is 10.2 Å². The fourth-order valence-electron chi connectivity index (χ4n) is 2.82. The number of nitrogens with one attached hydrogen (secondary N) is 1. The average molecular weight is 264 g/mol. The molecule has 1 saturated heterocycles. The molecule has 1 aliphatic heterocycles. The summed E-state index contributed by atoms with van der Waals surface area (Å²) in [6.07, 6.45) is 2.19. The Kier molecular flexibility index (Phi) is 5.34. The lowest BCUT2D eigenvalue weighted by molar-refractivity contribution is 0.335. The van der Waals surface area contributed by atoms with E-state index in [1.165, 1.54) is 25.6 Å². The van der Waals surface area contributed by atoms with Crippen molar-refractivity contribution in [2.75, 3.05) is 26.2 Å². The van der Waals surface area contributed by atoms with Crippen LogP contribution in [0.4, 0.5) is 4.39 Å². The number of hydrogen-bond acceptors (Lipinski definition) is 2. The summed E-state index contributed by atoms with van der Waals surface area (Å²) in [5, 5.41) is 3.59. The largest absolute Gasteiger partial charge is 0.314 e. The quantitative estimate of drug-likeness (QED) is 0.850. The van der Waals surface area contributed by atoms with E-state index in [0.29, 0.717) is 6.04 Å². The van der Waals surface area contributed by atoms with Gasteiger partial charge in [0, 0.05) is 12.6 Å². The lowest BCUT2D eigenvalue weighted by atomic mass is 10.1. The SMILES string of the molecule is CCN1CCC(CNC(C)Cc2cccc(F)c2)C1. The Balaban J connectivity index is 1.71. The second-order valence-corrected chi connectivity index (χ2v) is 5.69. The molecule has 3 heteroatoms. The highest BCUT2D eigenvalue weighted by Gasteiger charge is 2.21. The first kappa shape index (κ1) is 14.5. The zero-order chi connectivity index (χ0) is 13.7. The van der Waals surface area contributed by atoms with Crippen molar-refractivity contribution in [3.05, 3.63) is 35.6 Å². The van der Waals surface area contributed by atoms with E-state index >= 15 is 0 Å². The molecule has 0 aromatic heterocycles. The molecule has 1 aromatic carbocycles. The molecule has 0 bridgehead atoms. The van der Waals surface area contributed by atoms with Gasteiger partial charge in [0.2, 0.25) is 0 Å². The molecular formula is C16H25FN2. The van der Waals surface area contributed by atoms with Crippen LogP contribution < -0.4 is 5.32 Å². The van der Waals surface area contributed by atoms with Crippen molar-refractivity contribution >= 4 is 0 Å². The minimum Gasteiger partial charge on any atom is -0.314 e. The summed E-state index contributed by atoms with van der Waals surface area (Å²) in [6.45, 7) is 9.10. The Bertz CT molecular complexity index is 394. The van der Waals surface area contributed by atoms with Crippen LogP contribution in [-0.4, -0.2) is 37.1 Å². The maximum atomic E-state index is 13.1. The van der Waals surface area contributed by atoms with Crippen LogP contribution >= 0.6 is 0 Å². The Morgan fingerprint density at radius 3 is 3.00 bits per heavy atom. The molecule has 0 aliphatic carbocycles. The summed E-state index contributed by atoms with van der Waals surface area (Å²) < 4.78 is 13.1. The highest BCUT2D eigenvalue weighted by molar-refractivity contribution is 5.17. The van der Waals surface area contributed by atoms with E-state index in [1.54, 1.807) is 12.1 Å². The van der Waals surface area contributed by atoms with Gasteiger partial charge in [-0.1, -0.05) is 19.1 Å². The van der Waals surface area contributed by atoms with Crippen molar-refractivity contribution in [2.24, 2.45) is 5.92 Å². The topological polar surface area (TPSA) is 15.3 Å². The molecule has 0 spiro atoms. The second kappa shape index (κ2) is 7.01. The number of likely N-dealkylation sites (tertiary alicyclic amines) is 1. The van der Waals surface area contributed by atoms with Gasteiger partial charge in [-0.3, -0.25) is 0 Å². The van der Waals surface area contributed by atoms with Crippen LogP contribution in [0.3, 0.4) is 0 Å². The van der Waals surface area contributed by atoms with Crippen molar-refractivity contribution < 1.29 is 4.39 Å². The number of benzene rings is 1. The van der Waals surface area contributed by atoms with Crippen molar-refractivity contribution in [3.63, 3.8) is 0 Å². The molecule has 1 aromatic rings. The number of halogens is 1. The van der Waals surface area contributed by atoms with Crippen molar-refractivity contribution in [1.29, 1.82) is 0 Å². The first-order chi connectivity index (χ1) is 9.17. The Morgan fingerprint density at radius 2 is 2.32 bits per heavy atom. The summed E-state index contributed by atoms with van der Waals surface area (Å²) in [6, 6.07) is 7.31. The van der Waals surface area contributed by atoms with Crippen LogP contribution in [0.5, 0.6) is 0 Å². The third-order valence-corrected chi connectivity index (χ3v) is 4.00. The smallest absolute Gasteiger partial charge is 0.123 e. The molecule has 0 radical (unpaired) electrons. The van der Waals surface area contributed by atoms with Gasteiger partial charge in [0.1, 0.15) is 5.82 Å². The van der Waals surface area contributed by atoms with Crippen LogP contribution in [0.1, 0.15) is 25.8 Å². The maximum Gasteiger partial charge on any atom is 0.123 e. The molecule has 0 amide bonds. The molecular weight excluding hydrogens is 239 g/mol. The summed E-state index contributed by atoms with van der Waals surface area (Å²) in [5.74, 6) is 0.633. The first-order valence-corrected chi connectivity index (χ1v) is 7.37. The number of nitrogens with zero attached hydrogens (tertiary/aromatic N) is 1. The van der Waals surface area contributed by atoms with Gasteiger partial charge < -0.3 is 10.2 Å². The van der Waals surface area contributed by atoms with Gasteiger partial charge in [0.15, 0.2) is 0 Å². The Morgan fingerprint density at radius 1 is 1.47 bits per heavy atom. The molecule has 1 N–H and O–H groups in total. The van der Waals surface area contributed by atoms with Crippen LogP contribution in [-0.2, 0) is 6.42 Å². The Labute approximate surface area is 116 Å². The molecule has 2 nitrogen and oxygen atoms in total. The molecule has 1 aliphatic rings. The highest BCUT2D eigenvalue weighted by Crippen LogP contribution is 2.15. The van der Waals surface area contributed by atoms with E-state index in [0.717, 1.165) is 31.0 Å². The van der Waals surface area contributed by atoms with E-state index in [2.05, 4.69) is 24.1 Å². The third-order valence-electron chi connectivity index (χ3n) is 4.00. The van der Waals surface area contributed by atoms with Gasteiger partial charge in [-0.2, -0.15) is 0 Å². The summed E-state index contributed by atoms with van der Waals surface area (Å²) >= 11 is 0. The third kappa shape index (κ3) is 4.59. The molecule has 2 unspecified atom stereocenters. The summed E-state index contributed by atoms with van der Waals surface area (Å²) in [5.41, 5.74) is 1.07. The van der Waals surface area contributed by atoms with E-state index < -0.39 is 0 Å². The zero-order valence-corrected chi connectivity index (χ0v) is 12.0. The van der Waals surface area contributed by atoms with E-state index in [9.17, 15) is 4.39 Å². The predicted molar refractivity (Wildman–Crippen MR) is 77.8 cm³/mol. The molecule has 1 fully saturated rings. The van der Waals surface area contributed by atoms with Gasteiger partial charge in [0.05, 0.1) is 0 Å².